The highest BCUT2D eigenvalue weighted by molar-refractivity contribution is 4.88. The van der Waals surface area contributed by atoms with E-state index in [0.29, 0.717) is 0 Å². The molecule has 2 saturated carbocycles. The Morgan fingerprint density at radius 3 is 2.67 bits per heavy atom. The molecule has 0 aromatic heterocycles. The SMILES string of the molecule is CCC1CCC2CC(C)CCC12. The smallest absolute Gasteiger partial charge is 0.0357 e. The Balaban J connectivity index is 1.98. The van der Waals surface area contributed by atoms with Crippen molar-refractivity contribution in [1.82, 2.24) is 0 Å². The van der Waals surface area contributed by atoms with Gasteiger partial charge in [-0.3, -0.25) is 0 Å². The molecule has 70 valence electrons. The van der Waals surface area contributed by atoms with Crippen LogP contribution in [0.5, 0.6) is 0 Å². The van der Waals surface area contributed by atoms with E-state index in [2.05, 4.69) is 13.8 Å². The lowest BCUT2D eigenvalue weighted by Gasteiger charge is -2.32. The summed E-state index contributed by atoms with van der Waals surface area (Å²) in [7, 11) is 0. The Bertz CT molecular complexity index is 150. The van der Waals surface area contributed by atoms with E-state index in [1.807, 2.05) is 0 Å². The molecule has 0 N–H and O–H groups in total. The van der Waals surface area contributed by atoms with Gasteiger partial charge in [0.1, 0.15) is 0 Å². The third-order valence-electron chi connectivity index (χ3n) is 4.34. The molecule has 4 unspecified atom stereocenters. The maximum Gasteiger partial charge on any atom is -0.0357 e. The van der Waals surface area contributed by atoms with Crippen LogP contribution >= 0.6 is 0 Å². The fourth-order valence-corrected chi connectivity index (χ4v) is 3.62. The van der Waals surface area contributed by atoms with Gasteiger partial charge in [-0.15, -0.1) is 0 Å². The van der Waals surface area contributed by atoms with Gasteiger partial charge in [-0.05, 0) is 49.4 Å². The first-order valence-electron chi connectivity index (χ1n) is 5.81. The maximum absolute atomic E-state index is 2.44. The van der Waals surface area contributed by atoms with Crippen molar-refractivity contribution >= 4 is 0 Å². The summed E-state index contributed by atoms with van der Waals surface area (Å²) in [6, 6.07) is 0. The zero-order valence-electron chi connectivity index (χ0n) is 8.55. The molecule has 0 bridgehead atoms. The van der Waals surface area contributed by atoms with Gasteiger partial charge in [0.15, 0.2) is 0 Å². The van der Waals surface area contributed by atoms with Crippen molar-refractivity contribution in [3.8, 4) is 0 Å². The average Bonchev–Trinajstić information content (AvgIpc) is 2.46. The van der Waals surface area contributed by atoms with Crippen LogP contribution in [-0.2, 0) is 0 Å². The zero-order valence-corrected chi connectivity index (χ0v) is 8.55. The Hall–Kier alpha value is 0. The Labute approximate surface area is 76.7 Å². The van der Waals surface area contributed by atoms with Crippen molar-refractivity contribution in [3.05, 3.63) is 0 Å². The summed E-state index contributed by atoms with van der Waals surface area (Å²) in [5, 5.41) is 0. The molecule has 0 heterocycles. The van der Waals surface area contributed by atoms with Crippen molar-refractivity contribution in [2.45, 2.75) is 52.4 Å². The number of fused-ring (bicyclic) bond motifs is 1. The molecule has 2 aliphatic rings. The Kier molecular flexibility index (Phi) is 2.43. The third kappa shape index (κ3) is 1.41. The Morgan fingerprint density at radius 2 is 1.92 bits per heavy atom. The fraction of sp³-hybridized carbons (Fsp3) is 1.00. The second-order valence-electron chi connectivity index (χ2n) is 5.09. The van der Waals surface area contributed by atoms with Gasteiger partial charge in [-0.25, -0.2) is 0 Å². The van der Waals surface area contributed by atoms with E-state index >= 15 is 0 Å². The topological polar surface area (TPSA) is 0 Å². The molecule has 2 aliphatic carbocycles. The number of hydrogen-bond donors (Lipinski definition) is 0. The second-order valence-corrected chi connectivity index (χ2v) is 5.09. The molecular weight excluding hydrogens is 144 g/mol. The molecule has 0 aromatic rings. The van der Waals surface area contributed by atoms with E-state index in [1.54, 1.807) is 25.7 Å². The zero-order chi connectivity index (χ0) is 8.55. The number of hydrogen-bond acceptors (Lipinski definition) is 0. The molecule has 0 radical (unpaired) electrons. The summed E-state index contributed by atoms with van der Waals surface area (Å²) in [6.45, 7) is 4.82. The average molecular weight is 166 g/mol. The largest absolute Gasteiger partial charge is 0.0651 e. The van der Waals surface area contributed by atoms with E-state index in [4.69, 9.17) is 0 Å². The highest BCUT2D eigenvalue weighted by Gasteiger charge is 2.37. The molecule has 4 atom stereocenters. The lowest BCUT2D eigenvalue weighted by atomic mass is 9.73. The highest BCUT2D eigenvalue weighted by atomic mass is 14.4. The third-order valence-corrected chi connectivity index (χ3v) is 4.34. The molecule has 0 heteroatoms. The van der Waals surface area contributed by atoms with Crippen LogP contribution in [0.3, 0.4) is 0 Å². The van der Waals surface area contributed by atoms with Crippen LogP contribution in [-0.4, -0.2) is 0 Å². The first-order valence-corrected chi connectivity index (χ1v) is 5.81. The molecular formula is C12H22. The molecule has 0 amide bonds. The van der Waals surface area contributed by atoms with E-state index < -0.39 is 0 Å². The molecule has 0 spiro atoms. The summed E-state index contributed by atoms with van der Waals surface area (Å²) in [4.78, 5) is 0. The molecule has 0 nitrogen and oxygen atoms in total. The summed E-state index contributed by atoms with van der Waals surface area (Å²) in [5.41, 5.74) is 0. The van der Waals surface area contributed by atoms with E-state index in [-0.39, 0.29) is 0 Å². The van der Waals surface area contributed by atoms with Gasteiger partial charge >= 0.3 is 0 Å². The lowest BCUT2D eigenvalue weighted by molar-refractivity contribution is 0.183. The highest BCUT2D eigenvalue weighted by Crippen LogP contribution is 2.48. The van der Waals surface area contributed by atoms with E-state index in [9.17, 15) is 0 Å². The normalized spacial score (nSPS) is 47.5. The predicted molar refractivity (Wildman–Crippen MR) is 53.0 cm³/mol. The van der Waals surface area contributed by atoms with Crippen LogP contribution in [0.1, 0.15) is 52.4 Å². The molecule has 12 heavy (non-hydrogen) atoms. The fourth-order valence-electron chi connectivity index (χ4n) is 3.62. The molecule has 0 aromatic carbocycles. The van der Waals surface area contributed by atoms with Crippen LogP contribution in [0.2, 0.25) is 0 Å². The maximum atomic E-state index is 2.44. The second kappa shape index (κ2) is 3.40. The van der Waals surface area contributed by atoms with Crippen molar-refractivity contribution in [2.24, 2.45) is 23.7 Å². The van der Waals surface area contributed by atoms with Crippen molar-refractivity contribution < 1.29 is 0 Å². The van der Waals surface area contributed by atoms with Gasteiger partial charge < -0.3 is 0 Å². The standard InChI is InChI=1S/C12H22/c1-3-10-5-6-11-8-9(2)4-7-12(10)11/h9-12H,3-8H2,1-2H3. The minimum atomic E-state index is 1.03. The molecule has 0 saturated heterocycles. The minimum absolute atomic E-state index is 1.03. The first kappa shape index (κ1) is 8.59. The van der Waals surface area contributed by atoms with Crippen molar-refractivity contribution in [2.75, 3.05) is 0 Å². The first-order chi connectivity index (χ1) is 5.81. The summed E-state index contributed by atoms with van der Waals surface area (Å²) in [5.74, 6) is 4.38. The quantitative estimate of drug-likeness (QED) is 0.555. The van der Waals surface area contributed by atoms with Crippen LogP contribution in [0.15, 0.2) is 0 Å². The van der Waals surface area contributed by atoms with Gasteiger partial charge in [0.2, 0.25) is 0 Å². The summed E-state index contributed by atoms with van der Waals surface area (Å²) in [6.07, 6.45) is 9.13. The van der Waals surface area contributed by atoms with E-state index in [0.717, 1.165) is 23.7 Å². The predicted octanol–water partition coefficient (Wildman–Crippen LogP) is 3.86. The van der Waals surface area contributed by atoms with Crippen LogP contribution in [0.4, 0.5) is 0 Å². The van der Waals surface area contributed by atoms with Crippen molar-refractivity contribution in [3.63, 3.8) is 0 Å². The van der Waals surface area contributed by atoms with Gasteiger partial charge in [-0.2, -0.15) is 0 Å². The van der Waals surface area contributed by atoms with Crippen LogP contribution < -0.4 is 0 Å². The van der Waals surface area contributed by atoms with Gasteiger partial charge in [0.05, 0.1) is 0 Å². The number of rotatable bonds is 1. The molecule has 2 rings (SSSR count). The summed E-state index contributed by atoms with van der Waals surface area (Å²) >= 11 is 0. The molecule has 0 aliphatic heterocycles. The van der Waals surface area contributed by atoms with Gasteiger partial charge in [0, 0.05) is 0 Å². The monoisotopic (exact) mass is 166 g/mol. The summed E-state index contributed by atoms with van der Waals surface area (Å²) < 4.78 is 0. The van der Waals surface area contributed by atoms with Crippen LogP contribution in [0.25, 0.3) is 0 Å². The minimum Gasteiger partial charge on any atom is -0.0651 e. The van der Waals surface area contributed by atoms with Gasteiger partial charge in [0.25, 0.3) is 0 Å². The molecule has 2 fully saturated rings. The van der Waals surface area contributed by atoms with E-state index in [1.165, 1.54) is 12.8 Å². The van der Waals surface area contributed by atoms with Crippen LogP contribution in [0, 0.1) is 23.7 Å². The van der Waals surface area contributed by atoms with Crippen molar-refractivity contribution in [1.29, 1.82) is 0 Å². The lowest BCUT2D eigenvalue weighted by Crippen LogP contribution is -2.22. The van der Waals surface area contributed by atoms with Gasteiger partial charge in [-0.1, -0.05) is 26.7 Å². The Morgan fingerprint density at radius 1 is 1.08 bits per heavy atom.